The van der Waals surface area contributed by atoms with E-state index in [-0.39, 0.29) is 0 Å². The molecule has 0 saturated carbocycles. The standard InChI is InChI=1S/C5H8Br4/c1-2-3(6)4(7)5(8)9/h3-5H,2H2,1H3. The molecule has 0 radical (unpaired) electrons. The fraction of sp³-hybridized carbons (Fsp3) is 1.00. The van der Waals surface area contributed by atoms with Crippen molar-refractivity contribution >= 4 is 63.7 Å². The van der Waals surface area contributed by atoms with Gasteiger partial charge in [-0.1, -0.05) is 70.6 Å². The van der Waals surface area contributed by atoms with Crippen LogP contribution < -0.4 is 0 Å². The lowest BCUT2D eigenvalue weighted by Gasteiger charge is -2.15. The molecule has 0 aliphatic heterocycles. The molecule has 0 bridgehead atoms. The topological polar surface area (TPSA) is 0 Å². The Hall–Kier alpha value is 1.92. The van der Waals surface area contributed by atoms with Gasteiger partial charge in [0.25, 0.3) is 0 Å². The molecule has 0 rings (SSSR count). The zero-order valence-electron chi connectivity index (χ0n) is 4.95. The molecule has 9 heavy (non-hydrogen) atoms. The van der Waals surface area contributed by atoms with Crippen molar-refractivity contribution in [1.82, 2.24) is 0 Å². The van der Waals surface area contributed by atoms with E-state index in [2.05, 4.69) is 70.6 Å². The zero-order chi connectivity index (χ0) is 7.44. The molecule has 56 valence electrons. The molecular weight excluding hydrogens is 380 g/mol. The summed E-state index contributed by atoms with van der Waals surface area (Å²) in [4.78, 5) is 0.976. The molecule has 0 aromatic heterocycles. The first kappa shape index (κ1) is 10.9. The van der Waals surface area contributed by atoms with Crippen LogP contribution in [0.15, 0.2) is 0 Å². The molecular formula is C5H8Br4. The molecule has 0 saturated heterocycles. The highest BCUT2D eigenvalue weighted by atomic mass is 79.9. The minimum Gasteiger partial charge on any atom is -0.0878 e. The van der Waals surface area contributed by atoms with Gasteiger partial charge in [0.2, 0.25) is 0 Å². The summed E-state index contributed by atoms with van der Waals surface area (Å²) >= 11 is 13.9. The van der Waals surface area contributed by atoms with Crippen LogP contribution in [-0.4, -0.2) is 13.4 Å². The van der Waals surface area contributed by atoms with Gasteiger partial charge in [-0.2, -0.15) is 0 Å². The lowest BCUT2D eigenvalue weighted by molar-refractivity contribution is 0.829. The van der Waals surface area contributed by atoms with Crippen LogP contribution >= 0.6 is 63.7 Å². The normalized spacial score (nSPS) is 18.0. The number of alkyl halides is 4. The van der Waals surface area contributed by atoms with Crippen LogP contribution in [0.3, 0.4) is 0 Å². The molecule has 0 nitrogen and oxygen atoms in total. The van der Waals surface area contributed by atoms with Crippen molar-refractivity contribution in [3.8, 4) is 0 Å². The summed E-state index contributed by atoms with van der Waals surface area (Å²) in [6.07, 6.45) is 1.13. The highest BCUT2D eigenvalue weighted by molar-refractivity contribution is 9.25. The fourth-order valence-corrected chi connectivity index (χ4v) is 2.62. The van der Waals surface area contributed by atoms with Crippen LogP contribution in [0.25, 0.3) is 0 Å². The second-order valence-electron chi connectivity index (χ2n) is 1.70. The van der Waals surface area contributed by atoms with Crippen LogP contribution in [0.4, 0.5) is 0 Å². The molecule has 0 amide bonds. The monoisotopic (exact) mass is 384 g/mol. The van der Waals surface area contributed by atoms with E-state index >= 15 is 0 Å². The molecule has 2 unspecified atom stereocenters. The van der Waals surface area contributed by atoms with Crippen LogP contribution in [-0.2, 0) is 0 Å². The third kappa shape index (κ3) is 4.38. The van der Waals surface area contributed by atoms with Gasteiger partial charge in [0.1, 0.15) is 0 Å². The van der Waals surface area contributed by atoms with Gasteiger partial charge in [0, 0.05) is 9.65 Å². The molecule has 4 heteroatoms. The second-order valence-corrected chi connectivity index (χ2v) is 7.14. The lowest BCUT2D eigenvalue weighted by atomic mass is 10.3. The SMILES string of the molecule is CCC(Br)C(Br)C(Br)Br. The molecule has 0 aliphatic carbocycles. The highest BCUT2D eigenvalue weighted by Crippen LogP contribution is 2.28. The van der Waals surface area contributed by atoms with Crippen LogP contribution in [0.2, 0.25) is 0 Å². The van der Waals surface area contributed by atoms with Gasteiger partial charge in [-0.3, -0.25) is 0 Å². The summed E-state index contributed by atoms with van der Waals surface area (Å²) in [6.45, 7) is 2.15. The first-order valence-electron chi connectivity index (χ1n) is 2.65. The van der Waals surface area contributed by atoms with Crippen molar-refractivity contribution in [2.45, 2.75) is 26.7 Å². The molecule has 0 fully saturated rings. The first-order chi connectivity index (χ1) is 4.09. The summed E-state index contributed by atoms with van der Waals surface area (Å²) < 4.78 is 0.342. The Bertz CT molecular complexity index is 73.4. The smallest absolute Gasteiger partial charge is 0.0833 e. The molecule has 0 N–H and O–H groups in total. The zero-order valence-corrected chi connectivity index (χ0v) is 11.3. The van der Waals surface area contributed by atoms with Crippen LogP contribution in [0.5, 0.6) is 0 Å². The van der Waals surface area contributed by atoms with Gasteiger partial charge >= 0.3 is 0 Å². The van der Waals surface area contributed by atoms with Crippen molar-refractivity contribution in [3.05, 3.63) is 0 Å². The van der Waals surface area contributed by atoms with Gasteiger partial charge in [-0.05, 0) is 6.42 Å². The van der Waals surface area contributed by atoms with Gasteiger partial charge in [0.15, 0.2) is 0 Å². The minimum atomic E-state index is 0.342. The summed E-state index contributed by atoms with van der Waals surface area (Å²) in [7, 11) is 0. The van der Waals surface area contributed by atoms with E-state index in [9.17, 15) is 0 Å². The summed E-state index contributed by atoms with van der Waals surface area (Å²) in [5.74, 6) is 0. The molecule has 0 aromatic carbocycles. The largest absolute Gasteiger partial charge is 0.0878 e. The maximum absolute atomic E-state index is 3.54. The summed E-state index contributed by atoms with van der Waals surface area (Å²) in [5.41, 5.74) is 0. The van der Waals surface area contributed by atoms with Crippen molar-refractivity contribution in [2.24, 2.45) is 0 Å². The number of halogens is 4. The third-order valence-corrected chi connectivity index (χ3v) is 6.63. The van der Waals surface area contributed by atoms with Crippen molar-refractivity contribution in [3.63, 3.8) is 0 Å². The average Bonchev–Trinajstić information content (AvgIpc) is 1.84. The fourth-order valence-electron chi connectivity index (χ4n) is 0.383. The second kappa shape index (κ2) is 5.56. The quantitative estimate of drug-likeness (QED) is 0.641. The van der Waals surface area contributed by atoms with Gasteiger partial charge in [-0.15, -0.1) is 0 Å². The number of hydrogen-bond donors (Lipinski definition) is 0. The Morgan fingerprint density at radius 3 is 1.67 bits per heavy atom. The number of hydrogen-bond acceptors (Lipinski definition) is 0. The highest BCUT2D eigenvalue weighted by Gasteiger charge is 2.19. The first-order valence-corrected chi connectivity index (χ1v) is 6.32. The maximum Gasteiger partial charge on any atom is 0.0833 e. The molecule has 2 atom stereocenters. The van der Waals surface area contributed by atoms with E-state index in [1.54, 1.807) is 0 Å². The summed E-state index contributed by atoms with van der Waals surface area (Å²) in [6, 6.07) is 0. The third-order valence-electron chi connectivity index (χ3n) is 0.976. The van der Waals surface area contributed by atoms with Gasteiger partial charge in [0.05, 0.1) is 3.74 Å². The molecule has 0 aliphatic rings. The molecule has 0 spiro atoms. The van der Waals surface area contributed by atoms with E-state index in [0.717, 1.165) is 6.42 Å². The van der Waals surface area contributed by atoms with Crippen molar-refractivity contribution < 1.29 is 0 Å². The Morgan fingerprint density at radius 1 is 1.11 bits per heavy atom. The molecule has 0 heterocycles. The Balaban J connectivity index is 3.58. The predicted octanol–water partition coefficient (Wildman–Crippen LogP) is 4.04. The van der Waals surface area contributed by atoms with Crippen molar-refractivity contribution in [1.29, 1.82) is 0 Å². The Kier molecular flexibility index (Phi) is 6.74. The van der Waals surface area contributed by atoms with E-state index in [4.69, 9.17) is 0 Å². The lowest BCUT2D eigenvalue weighted by Crippen LogP contribution is -2.18. The van der Waals surface area contributed by atoms with E-state index in [1.807, 2.05) is 0 Å². The Labute approximate surface area is 89.7 Å². The summed E-state index contributed by atoms with van der Waals surface area (Å²) in [5, 5.41) is 0. The van der Waals surface area contributed by atoms with Crippen molar-refractivity contribution in [2.75, 3.05) is 0 Å². The minimum absolute atomic E-state index is 0.342. The maximum atomic E-state index is 3.54. The van der Waals surface area contributed by atoms with Crippen LogP contribution in [0, 0.1) is 0 Å². The Morgan fingerprint density at radius 2 is 1.56 bits per heavy atom. The van der Waals surface area contributed by atoms with E-state index in [0.29, 0.717) is 13.4 Å². The number of rotatable bonds is 3. The van der Waals surface area contributed by atoms with Gasteiger partial charge < -0.3 is 0 Å². The van der Waals surface area contributed by atoms with E-state index < -0.39 is 0 Å². The predicted molar refractivity (Wildman–Crippen MR) is 57.4 cm³/mol. The van der Waals surface area contributed by atoms with E-state index in [1.165, 1.54) is 0 Å². The average molecular weight is 388 g/mol. The van der Waals surface area contributed by atoms with Gasteiger partial charge in [-0.25, -0.2) is 0 Å². The van der Waals surface area contributed by atoms with Crippen LogP contribution in [0.1, 0.15) is 13.3 Å². The molecule has 0 aromatic rings.